The quantitative estimate of drug-likeness (QED) is 0.661. The van der Waals surface area contributed by atoms with E-state index in [1.807, 2.05) is 6.08 Å². The van der Waals surface area contributed by atoms with Gasteiger partial charge in [-0.2, -0.15) is 0 Å². The lowest BCUT2D eigenvalue weighted by Crippen LogP contribution is -2.11. The molecule has 0 aromatic heterocycles. The minimum Gasteiger partial charge on any atom is -0.333 e. The summed E-state index contributed by atoms with van der Waals surface area (Å²) in [6.45, 7) is 5.88. The molecule has 0 spiro atoms. The van der Waals surface area contributed by atoms with Crippen molar-refractivity contribution in [3.05, 3.63) is 12.3 Å². The van der Waals surface area contributed by atoms with Crippen LogP contribution in [-0.2, 0) is 4.79 Å². The Morgan fingerprint density at radius 2 is 2.18 bits per heavy atom. The molecule has 0 saturated carbocycles. The second-order valence-corrected chi connectivity index (χ2v) is 3.07. The zero-order chi connectivity index (χ0) is 8.69. The number of amides is 1. The van der Waals surface area contributed by atoms with Crippen LogP contribution in [0.3, 0.4) is 0 Å². The van der Waals surface area contributed by atoms with E-state index >= 15 is 0 Å². The molecule has 0 aliphatic carbocycles. The average Bonchev–Trinajstić information content (AvgIpc) is 1.85. The number of rotatable bonds is 4. The van der Waals surface area contributed by atoms with E-state index in [9.17, 15) is 4.79 Å². The number of nitrogens with one attached hydrogen (secondary N) is 1. The first-order valence-corrected chi connectivity index (χ1v) is 4.05. The predicted molar refractivity (Wildman–Crippen MR) is 47.0 cm³/mol. The molecule has 2 nitrogen and oxygen atoms in total. The lowest BCUT2D eigenvalue weighted by molar-refractivity contribution is -0.118. The highest BCUT2D eigenvalue weighted by molar-refractivity contribution is 5.73. The first-order valence-electron chi connectivity index (χ1n) is 4.05. The molecule has 0 aromatic carbocycles. The van der Waals surface area contributed by atoms with Crippen molar-refractivity contribution in [3.8, 4) is 0 Å². The second kappa shape index (κ2) is 5.96. The maximum atomic E-state index is 10.4. The van der Waals surface area contributed by atoms with Gasteiger partial charge in [-0.05, 0) is 25.0 Å². The zero-order valence-corrected chi connectivity index (χ0v) is 7.55. The van der Waals surface area contributed by atoms with Gasteiger partial charge in [0, 0.05) is 6.92 Å². The molecule has 0 aliphatic heterocycles. The van der Waals surface area contributed by atoms with Crippen molar-refractivity contribution in [3.63, 3.8) is 0 Å². The summed E-state index contributed by atoms with van der Waals surface area (Å²) in [7, 11) is 0. The number of carbonyl (C=O) groups excluding carboxylic acids is 1. The van der Waals surface area contributed by atoms with E-state index < -0.39 is 0 Å². The van der Waals surface area contributed by atoms with Crippen molar-refractivity contribution in [2.24, 2.45) is 5.92 Å². The van der Waals surface area contributed by atoms with Crippen LogP contribution < -0.4 is 5.32 Å². The van der Waals surface area contributed by atoms with E-state index in [4.69, 9.17) is 0 Å². The van der Waals surface area contributed by atoms with Gasteiger partial charge >= 0.3 is 0 Å². The lowest BCUT2D eigenvalue weighted by atomic mass is 10.1. The van der Waals surface area contributed by atoms with Gasteiger partial charge in [-0.15, -0.1) is 0 Å². The van der Waals surface area contributed by atoms with Crippen LogP contribution in [0.4, 0.5) is 0 Å². The average molecular weight is 155 g/mol. The van der Waals surface area contributed by atoms with Gasteiger partial charge in [-0.3, -0.25) is 4.79 Å². The number of allylic oxidation sites excluding steroid dienone is 1. The summed E-state index contributed by atoms with van der Waals surface area (Å²) >= 11 is 0. The van der Waals surface area contributed by atoms with Crippen molar-refractivity contribution in [1.29, 1.82) is 0 Å². The van der Waals surface area contributed by atoms with Crippen LogP contribution in [0.5, 0.6) is 0 Å². The van der Waals surface area contributed by atoms with Gasteiger partial charge < -0.3 is 5.32 Å². The standard InChI is InChI=1S/C9H17NO/c1-8(2)6-4-5-7-10-9(3)11/h5,7-8H,4,6H2,1-3H3,(H,10,11)/b7-5+. The van der Waals surface area contributed by atoms with Crippen LogP contribution in [-0.4, -0.2) is 5.91 Å². The van der Waals surface area contributed by atoms with Crippen molar-refractivity contribution in [2.75, 3.05) is 0 Å². The van der Waals surface area contributed by atoms with Crippen molar-refractivity contribution in [2.45, 2.75) is 33.6 Å². The SMILES string of the molecule is CC(=O)N/C=C/CCC(C)C. The molecule has 0 rings (SSSR count). The fraction of sp³-hybridized carbons (Fsp3) is 0.667. The third kappa shape index (κ3) is 9.21. The van der Waals surface area contributed by atoms with E-state index in [-0.39, 0.29) is 5.91 Å². The molecule has 0 atom stereocenters. The Morgan fingerprint density at radius 1 is 1.55 bits per heavy atom. The fourth-order valence-corrected chi connectivity index (χ4v) is 0.689. The van der Waals surface area contributed by atoms with Gasteiger partial charge in [0.1, 0.15) is 0 Å². The summed E-state index contributed by atoms with van der Waals surface area (Å²) < 4.78 is 0. The van der Waals surface area contributed by atoms with Crippen LogP contribution in [0.15, 0.2) is 12.3 Å². The normalized spacial score (nSPS) is 10.9. The summed E-state index contributed by atoms with van der Waals surface area (Å²) in [5.74, 6) is 0.725. The van der Waals surface area contributed by atoms with Crippen LogP contribution in [0, 0.1) is 5.92 Å². The maximum absolute atomic E-state index is 10.4. The molecule has 0 aromatic rings. The second-order valence-electron chi connectivity index (χ2n) is 3.07. The number of hydrogen-bond donors (Lipinski definition) is 1. The molecule has 1 N–H and O–H groups in total. The number of hydrogen-bond acceptors (Lipinski definition) is 1. The third-order valence-electron chi connectivity index (χ3n) is 1.32. The molecule has 0 unspecified atom stereocenters. The third-order valence-corrected chi connectivity index (χ3v) is 1.32. The molecule has 0 aliphatic rings. The Balaban J connectivity index is 3.23. The molecule has 0 fully saturated rings. The monoisotopic (exact) mass is 155 g/mol. The summed E-state index contributed by atoms with van der Waals surface area (Å²) in [5, 5.41) is 2.60. The fourth-order valence-electron chi connectivity index (χ4n) is 0.689. The van der Waals surface area contributed by atoms with Crippen molar-refractivity contribution >= 4 is 5.91 Å². The maximum Gasteiger partial charge on any atom is 0.220 e. The lowest BCUT2D eigenvalue weighted by Gasteiger charge is -1.98. The van der Waals surface area contributed by atoms with Crippen LogP contribution >= 0.6 is 0 Å². The highest BCUT2D eigenvalue weighted by Crippen LogP contribution is 2.02. The van der Waals surface area contributed by atoms with E-state index in [0.717, 1.165) is 12.3 Å². The van der Waals surface area contributed by atoms with Crippen LogP contribution in [0.25, 0.3) is 0 Å². The Labute approximate surface area is 68.7 Å². The van der Waals surface area contributed by atoms with Gasteiger partial charge in [0.15, 0.2) is 0 Å². The Bertz CT molecular complexity index is 138. The summed E-state index contributed by atoms with van der Waals surface area (Å²) in [4.78, 5) is 10.4. The molecule has 0 bridgehead atoms. The van der Waals surface area contributed by atoms with Gasteiger partial charge in [-0.25, -0.2) is 0 Å². The van der Waals surface area contributed by atoms with E-state index in [2.05, 4.69) is 19.2 Å². The molecular formula is C9H17NO. The van der Waals surface area contributed by atoms with Gasteiger partial charge in [0.2, 0.25) is 5.91 Å². The minimum absolute atomic E-state index is 0.00852. The highest BCUT2D eigenvalue weighted by Gasteiger charge is 1.89. The number of carbonyl (C=O) groups is 1. The highest BCUT2D eigenvalue weighted by atomic mass is 16.1. The van der Waals surface area contributed by atoms with E-state index in [1.54, 1.807) is 6.20 Å². The zero-order valence-electron chi connectivity index (χ0n) is 7.55. The van der Waals surface area contributed by atoms with Crippen molar-refractivity contribution in [1.82, 2.24) is 5.32 Å². The topological polar surface area (TPSA) is 29.1 Å². The molecular weight excluding hydrogens is 138 g/mol. The molecule has 2 heteroatoms. The molecule has 0 radical (unpaired) electrons. The minimum atomic E-state index is -0.00852. The first kappa shape index (κ1) is 10.2. The van der Waals surface area contributed by atoms with Gasteiger partial charge in [-0.1, -0.05) is 19.9 Å². The Hall–Kier alpha value is -0.790. The van der Waals surface area contributed by atoms with Crippen LogP contribution in [0.2, 0.25) is 0 Å². The van der Waals surface area contributed by atoms with Crippen LogP contribution in [0.1, 0.15) is 33.6 Å². The van der Waals surface area contributed by atoms with Gasteiger partial charge in [0.05, 0.1) is 0 Å². The molecule has 0 heterocycles. The largest absolute Gasteiger partial charge is 0.333 e. The van der Waals surface area contributed by atoms with E-state index in [0.29, 0.717) is 0 Å². The molecule has 64 valence electrons. The van der Waals surface area contributed by atoms with E-state index in [1.165, 1.54) is 13.3 Å². The summed E-state index contributed by atoms with van der Waals surface area (Å²) in [5.41, 5.74) is 0. The van der Waals surface area contributed by atoms with Gasteiger partial charge in [0.25, 0.3) is 0 Å². The van der Waals surface area contributed by atoms with Crippen molar-refractivity contribution < 1.29 is 4.79 Å². The summed E-state index contributed by atoms with van der Waals surface area (Å²) in [6.07, 6.45) is 5.92. The Morgan fingerprint density at radius 3 is 2.64 bits per heavy atom. The molecule has 1 amide bonds. The first-order chi connectivity index (χ1) is 5.13. The summed E-state index contributed by atoms with van der Waals surface area (Å²) in [6, 6.07) is 0. The predicted octanol–water partition coefficient (Wildman–Crippen LogP) is 2.07. The molecule has 11 heavy (non-hydrogen) atoms. The smallest absolute Gasteiger partial charge is 0.220 e. The Kier molecular flexibility index (Phi) is 5.53. The molecule has 0 saturated heterocycles.